The Morgan fingerprint density at radius 1 is 1.21 bits per heavy atom. The SMILES string of the molecule is CCCNC(=O)CNC(=O)c1ccc(C(=O)OC)s1. The molecular formula is C12H16N2O4S. The van der Waals surface area contributed by atoms with Crippen molar-refractivity contribution >= 4 is 29.1 Å². The van der Waals surface area contributed by atoms with Gasteiger partial charge in [-0.15, -0.1) is 11.3 Å². The van der Waals surface area contributed by atoms with Crippen LogP contribution < -0.4 is 10.6 Å². The maximum absolute atomic E-state index is 11.7. The maximum atomic E-state index is 11.7. The van der Waals surface area contributed by atoms with Crippen molar-refractivity contribution in [2.75, 3.05) is 20.2 Å². The van der Waals surface area contributed by atoms with Gasteiger partial charge >= 0.3 is 5.97 Å². The van der Waals surface area contributed by atoms with Crippen LogP contribution in [0.25, 0.3) is 0 Å². The second kappa shape index (κ2) is 7.52. The fourth-order valence-corrected chi connectivity index (χ4v) is 2.09. The van der Waals surface area contributed by atoms with Gasteiger partial charge in [0.25, 0.3) is 5.91 Å². The lowest BCUT2D eigenvalue weighted by Gasteiger charge is -2.04. The van der Waals surface area contributed by atoms with Crippen LogP contribution in [-0.4, -0.2) is 38.0 Å². The van der Waals surface area contributed by atoms with Gasteiger partial charge in [0, 0.05) is 6.54 Å². The number of thiophene rings is 1. The number of carbonyl (C=O) groups excluding carboxylic acids is 3. The lowest BCUT2D eigenvalue weighted by molar-refractivity contribution is -0.120. The van der Waals surface area contributed by atoms with Crippen LogP contribution in [0.3, 0.4) is 0 Å². The van der Waals surface area contributed by atoms with E-state index in [2.05, 4.69) is 15.4 Å². The van der Waals surface area contributed by atoms with E-state index < -0.39 is 5.97 Å². The van der Waals surface area contributed by atoms with Gasteiger partial charge in [-0.2, -0.15) is 0 Å². The molecule has 0 atom stereocenters. The molecule has 0 bridgehead atoms. The highest BCUT2D eigenvalue weighted by atomic mass is 32.1. The quantitative estimate of drug-likeness (QED) is 0.756. The Kier molecular flexibility index (Phi) is 6.01. The minimum atomic E-state index is -0.482. The molecule has 1 aromatic heterocycles. The van der Waals surface area contributed by atoms with Crippen LogP contribution in [0.4, 0.5) is 0 Å². The lowest BCUT2D eigenvalue weighted by atomic mass is 10.4. The van der Waals surface area contributed by atoms with Gasteiger partial charge in [-0.25, -0.2) is 4.79 Å². The highest BCUT2D eigenvalue weighted by molar-refractivity contribution is 7.15. The summed E-state index contributed by atoms with van der Waals surface area (Å²) in [4.78, 5) is 35.0. The molecule has 0 aromatic carbocycles. The van der Waals surface area contributed by atoms with E-state index in [1.54, 1.807) is 0 Å². The number of ether oxygens (including phenoxy) is 1. The second-order valence-corrected chi connectivity index (χ2v) is 4.77. The monoisotopic (exact) mass is 284 g/mol. The molecule has 0 aliphatic heterocycles. The van der Waals surface area contributed by atoms with Crippen molar-refractivity contribution < 1.29 is 19.1 Å². The molecule has 0 radical (unpaired) electrons. The van der Waals surface area contributed by atoms with Gasteiger partial charge < -0.3 is 15.4 Å². The van der Waals surface area contributed by atoms with Crippen LogP contribution in [0.1, 0.15) is 32.7 Å². The van der Waals surface area contributed by atoms with E-state index in [-0.39, 0.29) is 18.4 Å². The number of carbonyl (C=O) groups is 3. The number of hydrogen-bond donors (Lipinski definition) is 2. The lowest BCUT2D eigenvalue weighted by Crippen LogP contribution is -2.36. The highest BCUT2D eigenvalue weighted by Crippen LogP contribution is 2.16. The molecule has 0 saturated carbocycles. The first-order valence-corrected chi connectivity index (χ1v) is 6.63. The molecule has 19 heavy (non-hydrogen) atoms. The van der Waals surface area contributed by atoms with Crippen LogP contribution in [0, 0.1) is 0 Å². The molecule has 1 rings (SSSR count). The number of rotatable bonds is 6. The van der Waals surface area contributed by atoms with Crippen molar-refractivity contribution in [1.82, 2.24) is 10.6 Å². The molecule has 1 heterocycles. The molecule has 1 aromatic rings. The van der Waals surface area contributed by atoms with Crippen LogP contribution in [-0.2, 0) is 9.53 Å². The fraction of sp³-hybridized carbons (Fsp3) is 0.417. The summed E-state index contributed by atoms with van der Waals surface area (Å²) >= 11 is 1.02. The number of nitrogens with one attached hydrogen (secondary N) is 2. The van der Waals surface area contributed by atoms with E-state index in [1.807, 2.05) is 6.92 Å². The third-order valence-electron chi connectivity index (χ3n) is 2.20. The molecule has 0 saturated heterocycles. The zero-order chi connectivity index (χ0) is 14.3. The summed E-state index contributed by atoms with van der Waals surface area (Å²) in [5.41, 5.74) is 0. The minimum Gasteiger partial charge on any atom is -0.465 e. The predicted octanol–water partition coefficient (Wildman–Crippen LogP) is 0.791. The Labute approximate surface area is 115 Å². The number of hydrogen-bond acceptors (Lipinski definition) is 5. The summed E-state index contributed by atoms with van der Waals surface area (Å²) in [5, 5.41) is 5.13. The van der Waals surface area contributed by atoms with Gasteiger partial charge in [0.1, 0.15) is 4.88 Å². The molecule has 0 fully saturated rings. The van der Waals surface area contributed by atoms with E-state index in [1.165, 1.54) is 19.2 Å². The van der Waals surface area contributed by atoms with E-state index in [0.717, 1.165) is 17.8 Å². The van der Waals surface area contributed by atoms with Crippen LogP contribution >= 0.6 is 11.3 Å². The summed E-state index contributed by atoms with van der Waals surface area (Å²) < 4.78 is 4.55. The molecule has 0 aliphatic rings. The normalized spacial score (nSPS) is 9.79. The first-order valence-electron chi connectivity index (χ1n) is 5.81. The Morgan fingerprint density at radius 2 is 1.89 bits per heavy atom. The Bertz CT molecular complexity index is 470. The molecule has 6 nitrogen and oxygen atoms in total. The molecule has 0 spiro atoms. The van der Waals surface area contributed by atoms with Gasteiger partial charge in [0.2, 0.25) is 5.91 Å². The zero-order valence-corrected chi connectivity index (χ0v) is 11.6. The predicted molar refractivity (Wildman–Crippen MR) is 71.3 cm³/mol. The van der Waals surface area contributed by atoms with Gasteiger partial charge in [0.05, 0.1) is 18.5 Å². The van der Waals surface area contributed by atoms with Gasteiger partial charge in [0.15, 0.2) is 0 Å². The van der Waals surface area contributed by atoms with Crippen molar-refractivity contribution in [3.63, 3.8) is 0 Å². The summed E-state index contributed by atoms with van der Waals surface area (Å²) in [6, 6.07) is 3.04. The first-order chi connectivity index (χ1) is 9.08. The first kappa shape index (κ1) is 15.2. The van der Waals surface area contributed by atoms with Gasteiger partial charge in [-0.1, -0.05) is 6.92 Å². The van der Waals surface area contributed by atoms with E-state index in [9.17, 15) is 14.4 Å². The second-order valence-electron chi connectivity index (χ2n) is 3.69. The zero-order valence-electron chi connectivity index (χ0n) is 10.8. The average Bonchev–Trinajstić information content (AvgIpc) is 2.91. The Hall–Kier alpha value is -1.89. The van der Waals surface area contributed by atoms with Gasteiger partial charge in [-0.3, -0.25) is 9.59 Å². The van der Waals surface area contributed by atoms with Crippen molar-refractivity contribution in [3.05, 3.63) is 21.9 Å². The smallest absolute Gasteiger partial charge is 0.348 e. The van der Waals surface area contributed by atoms with Crippen LogP contribution in [0.5, 0.6) is 0 Å². The van der Waals surface area contributed by atoms with Crippen molar-refractivity contribution in [3.8, 4) is 0 Å². The van der Waals surface area contributed by atoms with E-state index >= 15 is 0 Å². The molecule has 0 aliphatic carbocycles. The fourth-order valence-electron chi connectivity index (χ4n) is 1.24. The number of amides is 2. The van der Waals surface area contributed by atoms with E-state index in [4.69, 9.17) is 0 Å². The number of methoxy groups -OCH3 is 1. The average molecular weight is 284 g/mol. The minimum absolute atomic E-state index is 0.0791. The summed E-state index contributed by atoms with van der Waals surface area (Å²) in [6.45, 7) is 2.45. The summed E-state index contributed by atoms with van der Waals surface area (Å²) in [5.74, 6) is -1.10. The third-order valence-corrected chi connectivity index (χ3v) is 3.26. The van der Waals surface area contributed by atoms with E-state index in [0.29, 0.717) is 16.3 Å². The third kappa shape index (κ3) is 4.70. The molecule has 0 unspecified atom stereocenters. The molecular weight excluding hydrogens is 268 g/mol. The van der Waals surface area contributed by atoms with Crippen molar-refractivity contribution in [2.24, 2.45) is 0 Å². The summed E-state index contributed by atoms with van der Waals surface area (Å²) in [6.07, 6.45) is 0.840. The van der Waals surface area contributed by atoms with Crippen LogP contribution in [0.2, 0.25) is 0 Å². The number of esters is 1. The largest absolute Gasteiger partial charge is 0.465 e. The van der Waals surface area contributed by atoms with Crippen molar-refractivity contribution in [2.45, 2.75) is 13.3 Å². The highest BCUT2D eigenvalue weighted by Gasteiger charge is 2.14. The molecule has 2 N–H and O–H groups in total. The van der Waals surface area contributed by atoms with Crippen molar-refractivity contribution in [1.29, 1.82) is 0 Å². The maximum Gasteiger partial charge on any atom is 0.348 e. The molecule has 104 valence electrons. The molecule has 2 amide bonds. The topological polar surface area (TPSA) is 84.5 Å². The molecule has 7 heteroatoms. The Balaban J connectivity index is 2.47. The van der Waals surface area contributed by atoms with Crippen LogP contribution in [0.15, 0.2) is 12.1 Å². The summed E-state index contributed by atoms with van der Waals surface area (Å²) in [7, 11) is 1.28. The Morgan fingerprint density at radius 3 is 2.53 bits per heavy atom. The standard InChI is InChI=1S/C12H16N2O4S/c1-3-6-13-10(15)7-14-11(16)8-4-5-9(19-8)12(17)18-2/h4-5H,3,6-7H2,1-2H3,(H,13,15)(H,14,16). The van der Waals surface area contributed by atoms with Gasteiger partial charge in [-0.05, 0) is 18.6 Å².